The van der Waals surface area contributed by atoms with Crippen LogP contribution >= 0.6 is 11.6 Å². The summed E-state index contributed by atoms with van der Waals surface area (Å²) in [7, 11) is 0. The number of nitrogens with zero attached hydrogens (tertiary/aromatic N) is 2. The van der Waals surface area contributed by atoms with Crippen molar-refractivity contribution in [3.05, 3.63) is 58.2 Å². The zero-order valence-corrected chi connectivity index (χ0v) is 12.3. The van der Waals surface area contributed by atoms with Crippen LogP contribution in [0.5, 0.6) is 5.75 Å². The molecule has 0 unspecified atom stereocenters. The van der Waals surface area contributed by atoms with Crippen molar-refractivity contribution in [3.63, 3.8) is 0 Å². The Morgan fingerprint density at radius 3 is 2.61 bits per heavy atom. The summed E-state index contributed by atoms with van der Waals surface area (Å²) in [4.78, 5) is 18.8. The van der Waals surface area contributed by atoms with Gasteiger partial charge in [0.05, 0.1) is 12.1 Å². The summed E-state index contributed by atoms with van der Waals surface area (Å²) in [6.45, 7) is 7.22. The maximum absolute atomic E-state index is 13.6. The Kier molecular flexibility index (Phi) is 4.48. The number of hydrogen-bond donors (Lipinski definition) is 3. The number of carbonyl (C=O) groups excluding carboxylic acids is 1. The summed E-state index contributed by atoms with van der Waals surface area (Å²) in [6.07, 6.45) is 0. The Bertz CT molecular complexity index is 871. The van der Waals surface area contributed by atoms with Gasteiger partial charge in [-0.15, -0.1) is 0 Å². The van der Waals surface area contributed by atoms with Crippen LogP contribution in [0.25, 0.3) is 16.0 Å². The number of aromatic hydroxyl groups is 1. The van der Waals surface area contributed by atoms with Gasteiger partial charge in [0.25, 0.3) is 5.91 Å². The second kappa shape index (κ2) is 6.34. The van der Waals surface area contributed by atoms with Gasteiger partial charge in [-0.05, 0) is 29.8 Å². The van der Waals surface area contributed by atoms with Gasteiger partial charge in [-0.25, -0.2) is 9.24 Å². The molecule has 0 aromatic heterocycles. The van der Waals surface area contributed by atoms with Gasteiger partial charge < -0.3 is 16.6 Å². The first kappa shape index (κ1) is 16.3. The lowest BCUT2D eigenvalue weighted by Gasteiger charge is -2.13. The monoisotopic (exact) mass is 332 g/mol. The topological polar surface area (TPSA) is 106 Å². The van der Waals surface area contributed by atoms with E-state index in [-0.39, 0.29) is 27.4 Å². The van der Waals surface area contributed by atoms with Gasteiger partial charge in [-0.2, -0.15) is 4.99 Å². The Hall–Kier alpha value is -3.11. The number of guanidine groups is 1. The molecule has 6 nitrogen and oxygen atoms in total. The number of amides is 1. The van der Waals surface area contributed by atoms with Gasteiger partial charge in [0.2, 0.25) is 0 Å². The molecular weight excluding hydrogens is 323 g/mol. The van der Waals surface area contributed by atoms with E-state index in [0.29, 0.717) is 0 Å². The molecule has 0 aliphatic heterocycles. The first-order valence-electron chi connectivity index (χ1n) is 6.18. The zero-order valence-electron chi connectivity index (χ0n) is 11.5. The molecule has 0 radical (unpaired) electrons. The highest BCUT2D eigenvalue weighted by Crippen LogP contribution is 2.42. The first-order chi connectivity index (χ1) is 10.8. The van der Waals surface area contributed by atoms with E-state index in [0.717, 1.165) is 18.2 Å². The highest BCUT2D eigenvalue weighted by atomic mass is 35.5. The summed E-state index contributed by atoms with van der Waals surface area (Å²) in [5.74, 6) is -2.56. The number of phenols is 1. The molecule has 5 N–H and O–H groups in total. The molecule has 0 saturated heterocycles. The minimum atomic E-state index is -0.969. The van der Waals surface area contributed by atoms with Gasteiger partial charge in [0.1, 0.15) is 11.6 Å². The molecule has 0 spiro atoms. The van der Waals surface area contributed by atoms with Crippen molar-refractivity contribution in [2.75, 3.05) is 0 Å². The van der Waals surface area contributed by atoms with Crippen LogP contribution in [0.1, 0.15) is 10.4 Å². The SMILES string of the molecule is [C-]#[N+]c1ccc(O)c(C(=O)N=C(N)N)c1-c1cc(F)ccc1Cl. The molecule has 8 heteroatoms. The summed E-state index contributed by atoms with van der Waals surface area (Å²) in [5, 5.41) is 10.1. The van der Waals surface area contributed by atoms with Crippen LogP contribution in [-0.4, -0.2) is 17.0 Å². The number of nitrogens with two attached hydrogens (primary N) is 2. The van der Waals surface area contributed by atoms with Crippen molar-refractivity contribution < 1.29 is 14.3 Å². The second-order valence-electron chi connectivity index (χ2n) is 4.43. The molecule has 23 heavy (non-hydrogen) atoms. The predicted molar refractivity (Wildman–Crippen MR) is 84.9 cm³/mol. The third kappa shape index (κ3) is 3.22. The number of aliphatic imine (C=N–C) groups is 1. The summed E-state index contributed by atoms with van der Waals surface area (Å²) >= 11 is 6.05. The van der Waals surface area contributed by atoms with Crippen LogP contribution in [0.4, 0.5) is 10.1 Å². The molecule has 1 amide bonds. The number of halogens is 2. The maximum Gasteiger partial charge on any atom is 0.283 e. The van der Waals surface area contributed by atoms with Crippen LogP contribution in [0.15, 0.2) is 35.3 Å². The Morgan fingerprint density at radius 2 is 2.00 bits per heavy atom. The summed E-state index contributed by atoms with van der Waals surface area (Å²) < 4.78 is 13.6. The van der Waals surface area contributed by atoms with Crippen molar-refractivity contribution >= 4 is 29.2 Å². The Labute approximate surface area is 135 Å². The number of phenolic OH excluding ortho intramolecular Hbond substituents is 1. The molecule has 2 rings (SSSR count). The molecule has 0 bridgehead atoms. The smallest absolute Gasteiger partial charge is 0.283 e. The molecule has 0 atom stereocenters. The van der Waals surface area contributed by atoms with Gasteiger partial charge in [-0.1, -0.05) is 17.7 Å². The number of hydrogen-bond acceptors (Lipinski definition) is 2. The van der Waals surface area contributed by atoms with Crippen molar-refractivity contribution in [3.8, 4) is 16.9 Å². The standard InChI is InChI=1S/C15H10ClFN4O2/c1-20-10-4-5-11(22)13(14(23)21-15(18)19)12(10)8-6-7(17)2-3-9(8)16/h2-6,22H,(H4,18,19,21,23). The van der Waals surface area contributed by atoms with Crippen LogP contribution in [0, 0.1) is 12.4 Å². The van der Waals surface area contributed by atoms with Crippen LogP contribution in [0.3, 0.4) is 0 Å². The Balaban J connectivity index is 2.88. The minimum absolute atomic E-state index is 0.00978. The third-order valence-electron chi connectivity index (χ3n) is 2.92. The quantitative estimate of drug-likeness (QED) is 0.446. The molecular formula is C15H10ClFN4O2. The van der Waals surface area contributed by atoms with Crippen molar-refractivity contribution in [1.82, 2.24) is 0 Å². The summed E-state index contributed by atoms with van der Waals surface area (Å²) in [6, 6.07) is 5.89. The van der Waals surface area contributed by atoms with E-state index in [1.165, 1.54) is 12.1 Å². The number of rotatable bonds is 2. The van der Waals surface area contributed by atoms with Crippen LogP contribution in [-0.2, 0) is 0 Å². The van der Waals surface area contributed by atoms with E-state index in [4.69, 9.17) is 29.6 Å². The fraction of sp³-hybridized carbons (Fsp3) is 0. The highest BCUT2D eigenvalue weighted by molar-refractivity contribution is 6.34. The van der Waals surface area contributed by atoms with Crippen LogP contribution < -0.4 is 11.5 Å². The van der Waals surface area contributed by atoms with Gasteiger partial charge in [0, 0.05) is 10.6 Å². The lowest BCUT2D eigenvalue weighted by atomic mass is 9.96. The highest BCUT2D eigenvalue weighted by Gasteiger charge is 2.23. The first-order valence-corrected chi connectivity index (χ1v) is 6.55. The van der Waals surface area contributed by atoms with Crippen molar-refractivity contribution in [1.29, 1.82) is 0 Å². The normalized spacial score (nSPS) is 9.96. The molecule has 116 valence electrons. The second-order valence-corrected chi connectivity index (χ2v) is 4.84. The molecule has 0 aliphatic carbocycles. The maximum atomic E-state index is 13.6. The van der Waals surface area contributed by atoms with E-state index >= 15 is 0 Å². The number of carbonyl (C=O) groups is 1. The predicted octanol–water partition coefficient (Wildman–Crippen LogP) is 2.82. The van der Waals surface area contributed by atoms with Crippen molar-refractivity contribution in [2.45, 2.75) is 0 Å². The van der Waals surface area contributed by atoms with Crippen LogP contribution in [0.2, 0.25) is 5.02 Å². The summed E-state index contributed by atoms with van der Waals surface area (Å²) in [5.41, 5.74) is 10.0. The molecule has 0 heterocycles. The molecule has 2 aromatic carbocycles. The van der Waals surface area contributed by atoms with Gasteiger partial charge in [-0.3, -0.25) is 4.79 Å². The van der Waals surface area contributed by atoms with Crippen molar-refractivity contribution in [2.24, 2.45) is 16.5 Å². The zero-order chi connectivity index (χ0) is 17.1. The molecule has 0 aliphatic rings. The van der Waals surface area contributed by atoms with E-state index in [2.05, 4.69) is 9.84 Å². The number of benzene rings is 2. The van der Waals surface area contributed by atoms with E-state index in [1.54, 1.807) is 0 Å². The fourth-order valence-corrected chi connectivity index (χ4v) is 2.24. The van der Waals surface area contributed by atoms with Gasteiger partial charge >= 0.3 is 0 Å². The molecule has 2 aromatic rings. The van der Waals surface area contributed by atoms with E-state index in [1.807, 2.05) is 0 Å². The fourth-order valence-electron chi connectivity index (χ4n) is 2.03. The lowest BCUT2D eigenvalue weighted by molar-refractivity contribution is 0.100. The average Bonchev–Trinajstić information content (AvgIpc) is 2.48. The lowest BCUT2D eigenvalue weighted by Crippen LogP contribution is -2.24. The molecule has 0 saturated carbocycles. The third-order valence-corrected chi connectivity index (χ3v) is 3.25. The minimum Gasteiger partial charge on any atom is -0.507 e. The average molecular weight is 333 g/mol. The largest absolute Gasteiger partial charge is 0.507 e. The van der Waals surface area contributed by atoms with E-state index < -0.39 is 23.4 Å². The molecule has 0 fully saturated rings. The van der Waals surface area contributed by atoms with Gasteiger partial charge in [0.15, 0.2) is 11.6 Å². The Morgan fingerprint density at radius 1 is 1.30 bits per heavy atom. The van der Waals surface area contributed by atoms with E-state index in [9.17, 15) is 14.3 Å².